The van der Waals surface area contributed by atoms with Gasteiger partial charge in [-0.2, -0.15) is 0 Å². The zero-order valence-electron chi connectivity index (χ0n) is 11.0. The Morgan fingerprint density at radius 3 is 2.39 bits per heavy atom. The zero-order valence-corrected chi connectivity index (χ0v) is 11.8. The molecule has 5 heteroatoms. The predicted octanol–water partition coefficient (Wildman–Crippen LogP) is 2.75. The fourth-order valence-electron chi connectivity index (χ4n) is 2.84. The summed E-state index contributed by atoms with van der Waals surface area (Å²) in [6.07, 6.45) is 10.3. The Labute approximate surface area is 114 Å². The molecule has 0 bridgehead atoms. The number of nitrogens with zero attached hydrogens (tertiary/aromatic N) is 2. The van der Waals surface area contributed by atoms with Gasteiger partial charge in [-0.05, 0) is 25.7 Å². The Morgan fingerprint density at radius 1 is 1.06 bits per heavy atom. The molecule has 0 unspecified atom stereocenters. The van der Waals surface area contributed by atoms with Crippen molar-refractivity contribution in [2.75, 3.05) is 19.6 Å². The third kappa shape index (κ3) is 4.44. The van der Waals surface area contributed by atoms with Gasteiger partial charge in [-0.15, -0.1) is 0 Å². The summed E-state index contributed by atoms with van der Waals surface area (Å²) in [5, 5.41) is 8.93. The molecule has 0 aromatic heterocycles. The van der Waals surface area contributed by atoms with Crippen LogP contribution in [0.1, 0.15) is 51.4 Å². The standard InChI is InChI=1S/C13H24N2O2S/c16-13(17)11-14-9-5-6-10-15(18-14)12-7-3-1-2-4-8-12/h12H,1-11H2,(H,16,17). The lowest BCUT2D eigenvalue weighted by Crippen LogP contribution is -2.34. The summed E-state index contributed by atoms with van der Waals surface area (Å²) < 4.78 is 4.47. The van der Waals surface area contributed by atoms with E-state index in [9.17, 15) is 4.79 Å². The number of rotatable bonds is 3. The molecule has 4 nitrogen and oxygen atoms in total. The lowest BCUT2D eigenvalue weighted by atomic mass is 10.1. The maximum absolute atomic E-state index is 10.8. The lowest BCUT2D eigenvalue weighted by molar-refractivity contribution is -0.137. The molecule has 1 aliphatic carbocycles. The monoisotopic (exact) mass is 272 g/mol. The molecule has 0 aromatic rings. The predicted molar refractivity (Wildman–Crippen MR) is 74.2 cm³/mol. The van der Waals surface area contributed by atoms with Crippen molar-refractivity contribution in [2.24, 2.45) is 0 Å². The summed E-state index contributed by atoms with van der Waals surface area (Å²) in [6, 6.07) is 0.659. The number of carboxylic acid groups (broad SMARTS) is 1. The number of carboxylic acids is 1. The number of aliphatic carboxylic acids is 1. The molecule has 2 fully saturated rings. The van der Waals surface area contributed by atoms with Gasteiger partial charge in [0.25, 0.3) is 0 Å². The highest BCUT2D eigenvalue weighted by atomic mass is 32.2. The second-order valence-electron chi connectivity index (χ2n) is 5.33. The Hall–Kier alpha value is -0.260. The minimum Gasteiger partial charge on any atom is -0.480 e. The second kappa shape index (κ2) is 7.36. The van der Waals surface area contributed by atoms with E-state index in [1.807, 2.05) is 4.31 Å². The van der Waals surface area contributed by atoms with Gasteiger partial charge in [0, 0.05) is 31.3 Å². The van der Waals surface area contributed by atoms with E-state index in [1.54, 1.807) is 12.1 Å². The number of carbonyl (C=O) groups is 1. The summed E-state index contributed by atoms with van der Waals surface area (Å²) in [5.41, 5.74) is 0. The summed E-state index contributed by atoms with van der Waals surface area (Å²) in [6.45, 7) is 2.18. The van der Waals surface area contributed by atoms with E-state index in [0.29, 0.717) is 6.04 Å². The van der Waals surface area contributed by atoms with Crippen molar-refractivity contribution < 1.29 is 9.90 Å². The van der Waals surface area contributed by atoms with Crippen molar-refractivity contribution in [2.45, 2.75) is 57.4 Å². The van der Waals surface area contributed by atoms with Gasteiger partial charge >= 0.3 is 5.97 Å². The highest BCUT2D eigenvalue weighted by Gasteiger charge is 2.25. The van der Waals surface area contributed by atoms with E-state index in [0.717, 1.165) is 19.5 Å². The molecule has 2 rings (SSSR count). The van der Waals surface area contributed by atoms with Crippen molar-refractivity contribution in [3.63, 3.8) is 0 Å². The molecule has 0 amide bonds. The third-order valence-electron chi connectivity index (χ3n) is 3.80. The minimum atomic E-state index is -0.717. The van der Waals surface area contributed by atoms with Crippen LogP contribution < -0.4 is 0 Å². The molecule has 1 aliphatic heterocycles. The van der Waals surface area contributed by atoms with Crippen molar-refractivity contribution in [1.82, 2.24) is 8.61 Å². The van der Waals surface area contributed by atoms with Gasteiger partial charge in [-0.25, -0.2) is 8.61 Å². The Morgan fingerprint density at radius 2 is 1.72 bits per heavy atom. The first-order chi connectivity index (χ1) is 8.75. The minimum absolute atomic E-state index is 0.161. The van der Waals surface area contributed by atoms with E-state index >= 15 is 0 Å². The van der Waals surface area contributed by atoms with E-state index < -0.39 is 5.97 Å². The maximum Gasteiger partial charge on any atom is 0.318 e. The normalized spacial score (nSPS) is 25.6. The molecule has 1 saturated heterocycles. The van der Waals surface area contributed by atoms with Crippen LogP contribution in [-0.2, 0) is 4.79 Å². The average Bonchev–Trinajstić information content (AvgIpc) is 2.70. The van der Waals surface area contributed by atoms with Crippen LogP contribution in [0.3, 0.4) is 0 Å². The fourth-order valence-corrected chi connectivity index (χ4v) is 4.07. The van der Waals surface area contributed by atoms with Crippen LogP contribution in [0, 0.1) is 0 Å². The van der Waals surface area contributed by atoms with E-state index in [4.69, 9.17) is 5.11 Å². The Bertz CT molecular complexity index is 268. The van der Waals surface area contributed by atoms with Gasteiger partial charge in [0.1, 0.15) is 6.54 Å². The second-order valence-corrected chi connectivity index (χ2v) is 6.48. The average molecular weight is 272 g/mol. The molecule has 104 valence electrons. The van der Waals surface area contributed by atoms with E-state index in [2.05, 4.69) is 4.31 Å². The molecule has 1 saturated carbocycles. The van der Waals surface area contributed by atoms with Crippen LogP contribution >= 0.6 is 12.1 Å². The zero-order chi connectivity index (χ0) is 12.8. The van der Waals surface area contributed by atoms with Crippen LogP contribution in [0.25, 0.3) is 0 Å². The van der Waals surface area contributed by atoms with E-state index in [-0.39, 0.29) is 6.54 Å². The number of hydrogen-bond donors (Lipinski definition) is 1. The molecule has 18 heavy (non-hydrogen) atoms. The highest BCUT2D eigenvalue weighted by Crippen LogP contribution is 2.30. The Kier molecular flexibility index (Phi) is 5.79. The molecule has 0 radical (unpaired) electrons. The van der Waals surface area contributed by atoms with Gasteiger partial charge < -0.3 is 5.11 Å². The van der Waals surface area contributed by atoms with Gasteiger partial charge in [-0.3, -0.25) is 4.79 Å². The smallest absolute Gasteiger partial charge is 0.318 e. The van der Waals surface area contributed by atoms with Gasteiger partial charge in [0.05, 0.1) is 0 Å². The molecular weight excluding hydrogens is 248 g/mol. The van der Waals surface area contributed by atoms with Crippen LogP contribution in [0.4, 0.5) is 0 Å². The van der Waals surface area contributed by atoms with Crippen LogP contribution in [-0.4, -0.2) is 45.4 Å². The molecular formula is C13H24N2O2S. The summed E-state index contributed by atoms with van der Waals surface area (Å²) in [4.78, 5) is 10.8. The molecule has 2 aliphatic rings. The largest absolute Gasteiger partial charge is 0.480 e. The van der Waals surface area contributed by atoms with Crippen molar-refractivity contribution in [3.8, 4) is 0 Å². The first-order valence-corrected chi connectivity index (χ1v) is 7.90. The summed E-state index contributed by atoms with van der Waals surface area (Å²) >= 11 is 1.68. The quantitative estimate of drug-likeness (QED) is 0.632. The van der Waals surface area contributed by atoms with Crippen molar-refractivity contribution >= 4 is 18.1 Å². The third-order valence-corrected chi connectivity index (χ3v) is 5.03. The molecule has 1 N–H and O–H groups in total. The SMILES string of the molecule is O=C(O)CN1CCCCN(C2CCCCCC2)S1. The van der Waals surface area contributed by atoms with Gasteiger partial charge in [-0.1, -0.05) is 25.7 Å². The summed E-state index contributed by atoms with van der Waals surface area (Å²) in [7, 11) is 0. The first-order valence-electron chi connectivity index (χ1n) is 7.17. The summed E-state index contributed by atoms with van der Waals surface area (Å²) in [5.74, 6) is -0.717. The van der Waals surface area contributed by atoms with Crippen molar-refractivity contribution in [3.05, 3.63) is 0 Å². The van der Waals surface area contributed by atoms with Crippen LogP contribution in [0.15, 0.2) is 0 Å². The number of hydrogen-bond acceptors (Lipinski definition) is 4. The topological polar surface area (TPSA) is 43.8 Å². The van der Waals surface area contributed by atoms with Gasteiger partial charge in [0.15, 0.2) is 0 Å². The van der Waals surface area contributed by atoms with Crippen LogP contribution in [0.5, 0.6) is 0 Å². The van der Waals surface area contributed by atoms with E-state index in [1.165, 1.54) is 44.9 Å². The fraction of sp³-hybridized carbons (Fsp3) is 0.923. The highest BCUT2D eigenvalue weighted by molar-refractivity contribution is 7.94. The molecule has 0 atom stereocenters. The Balaban J connectivity index is 1.90. The lowest BCUT2D eigenvalue weighted by Gasteiger charge is -2.31. The maximum atomic E-state index is 10.8. The first kappa shape index (κ1) is 14.2. The van der Waals surface area contributed by atoms with Crippen LogP contribution in [0.2, 0.25) is 0 Å². The molecule has 0 aromatic carbocycles. The molecule has 1 heterocycles. The van der Waals surface area contributed by atoms with Gasteiger partial charge in [0.2, 0.25) is 0 Å². The van der Waals surface area contributed by atoms with Crippen molar-refractivity contribution in [1.29, 1.82) is 0 Å². The molecule has 0 spiro atoms.